The summed E-state index contributed by atoms with van der Waals surface area (Å²) in [7, 11) is 0. The number of rotatable bonds is 2. The zero-order valence-corrected chi connectivity index (χ0v) is 12.4. The number of aromatic nitrogens is 1. The van der Waals surface area contributed by atoms with Crippen molar-refractivity contribution in [2.24, 2.45) is 0 Å². The molecule has 3 aromatic rings. The molecule has 0 radical (unpaired) electrons. The lowest BCUT2D eigenvalue weighted by Crippen LogP contribution is -2.20. The van der Waals surface area contributed by atoms with Gasteiger partial charge in [-0.05, 0) is 37.1 Å². The highest BCUT2D eigenvalue weighted by atomic mass is 16.1. The molecule has 0 spiro atoms. The Morgan fingerprint density at radius 3 is 2.27 bits per heavy atom. The van der Waals surface area contributed by atoms with Gasteiger partial charge in [0.25, 0.3) is 0 Å². The van der Waals surface area contributed by atoms with E-state index in [0.717, 1.165) is 29.7 Å². The van der Waals surface area contributed by atoms with E-state index in [1.54, 1.807) is 6.07 Å². The largest absolute Gasteiger partial charge is 0.370 e. The summed E-state index contributed by atoms with van der Waals surface area (Å²) in [6.07, 6.45) is 4.39. The molecule has 0 amide bonds. The summed E-state index contributed by atoms with van der Waals surface area (Å²) in [5, 5.41) is 0.765. The molecule has 0 aliphatic carbocycles. The molecule has 0 saturated carbocycles. The van der Waals surface area contributed by atoms with Gasteiger partial charge in [-0.15, -0.1) is 0 Å². The van der Waals surface area contributed by atoms with E-state index in [1.807, 2.05) is 30.5 Å². The Morgan fingerprint density at radius 1 is 0.773 bits per heavy atom. The Labute approximate surface area is 129 Å². The van der Waals surface area contributed by atoms with Crippen molar-refractivity contribution in [3.63, 3.8) is 0 Å². The predicted molar refractivity (Wildman–Crippen MR) is 91.0 cm³/mol. The number of hydrogen-bond donors (Lipinski definition) is 0. The maximum atomic E-state index is 12.1. The molecule has 0 atom stereocenters. The topological polar surface area (TPSA) is 25.2 Å². The Morgan fingerprint density at radius 2 is 1.45 bits per heavy atom. The van der Waals surface area contributed by atoms with Crippen molar-refractivity contribution in [1.29, 1.82) is 0 Å². The van der Waals surface area contributed by atoms with Gasteiger partial charge in [0, 0.05) is 30.7 Å². The number of fused-ring (bicyclic) bond motifs is 1. The van der Waals surface area contributed by atoms with Crippen LogP contribution < -0.4 is 10.3 Å². The van der Waals surface area contributed by atoms with E-state index in [-0.39, 0.29) is 5.43 Å². The fourth-order valence-corrected chi connectivity index (χ4v) is 3.31. The molecule has 0 bridgehead atoms. The molecular weight excluding hydrogens is 272 g/mol. The van der Waals surface area contributed by atoms with Crippen LogP contribution in [0.2, 0.25) is 0 Å². The summed E-state index contributed by atoms with van der Waals surface area (Å²) in [6, 6.07) is 17.9. The van der Waals surface area contributed by atoms with E-state index in [9.17, 15) is 4.79 Å². The van der Waals surface area contributed by atoms with Crippen LogP contribution in [0.15, 0.2) is 65.6 Å². The lowest BCUT2D eigenvalue weighted by atomic mass is 10.1. The average Bonchev–Trinajstić information content (AvgIpc) is 3.10. The maximum absolute atomic E-state index is 12.1. The fourth-order valence-electron chi connectivity index (χ4n) is 3.31. The molecular formula is C19H18N2O. The second-order valence-corrected chi connectivity index (χ2v) is 5.75. The molecule has 110 valence electrons. The average molecular weight is 290 g/mol. The van der Waals surface area contributed by atoms with E-state index in [0.29, 0.717) is 0 Å². The third-order valence-corrected chi connectivity index (χ3v) is 4.39. The summed E-state index contributed by atoms with van der Waals surface area (Å²) in [5.74, 6) is 0. The SMILES string of the molecule is O=c1ccn(-c2ccccc2N2CCCC2)c2ccccc12. The van der Waals surface area contributed by atoms with Gasteiger partial charge in [0.15, 0.2) is 5.43 Å². The summed E-state index contributed by atoms with van der Waals surface area (Å²) in [5.41, 5.74) is 3.42. The number of pyridine rings is 1. The molecule has 0 unspecified atom stereocenters. The Balaban J connectivity index is 1.97. The van der Waals surface area contributed by atoms with Crippen LogP contribution in [0.5, 0.6) is 0 Å². The number of anilines is 1. The zero-order valence-electron chi connectivity index (χ0n) is 12.4. The standard InChI is InChI=1S/C19H18N2O/c22-19-11-14-21(16-8-2-1-7-15(16)19)18-10-4-3-9-17(18)20-12-5-6-13-20/h1-4,7-11,14H,5-6,12-13H2. The summed E-state index contributed by atoms with van der Waals surface area (Å²) >= 11 is 0. The van der Waals surface area contributed by atoms with Gasteiger partial charge in [-0.3, -0.25) is 4.79 Å². The third kappa shape index (κ3) is 2.10. The minimum Gasteiger partial charge on any atom is -0.370 e. The number of benzene rings is 2. The van der Waals surface area contributed by atoms with E-state index < -0.39 is 0 Å². The summed E-state index contributed by atoms with van der Waals surface area (Å²) in [6.45, 7) is 2.21. The number of para-hydroxylation sites is 3. The van der Waals surface area contributed by atoms with Crippen molar-refractivity contribution in [1.82, 2.24) is 4.57 Å². The molecule has 1 aliphatic rings. The van der Waals surface area contributed by atoms with Crippen LogP contribution in [0.1, 0.15) is 12.8 Å². The highest BCUT2D eigenvalue weighted by Gasteiger charge is 2.16. The second-order valence-electron chi connectivity index (χ2n) is 5.75. The minimum atomic E-state index is 0.0745. The van der Waals surface area contributed by atoms with E-state index in [1.165, 1.54) is 18.5 Å². The first-order valence-corrected chi connectivity index (χ1v) is 7.79. The predicted octanol–water partition coefficient (Wildman–Crippen LogP) is 3.59. The molecule has 1 fully saturated rings. The molecule has 4 rings (SSSR count). The lowest BCUT2D eigenvalue weighted by molar-refractivity contribution is 0.949. The smallest absolute Gasteiger partial charge is 0.189 e. The Bertz CT molecular complexity index is 876. The van der Waals surface area contributed by atoms with E-state index in [4.69, 9.17) is 0 Å². The zero-order chi connectivity index (χ0) is 14.9. The van der Waals surface area contributed by atoms with Gasteiger partial charge in [0.1, 0.15) is 0 Å². The van der Waals surface area contributed by atoms with Crippen LogP contribution in [0, 0.1) is 0 Å². The molecule has 3 heteroatoms. The second kappa shape index (κ2) is 5.34. The van der Waals surface area contributed by atoms with Crippen LogP contribution in [-0.4, -0.2) is 17.7 Å². The molecule has 22 heavy (non-hydrogen) atoms. The minimum absolute atomic E-state index is 0.0745. The quantitative estimate of drug-likeness (QED) is 0.720. The Kier molecular flexibility index (Phi) is 3.19. The van der Waals surface area contributed by atoms with Crippen molar-refractivity contribution < 1.29 is 0 Å². The van der Waals surface area contributed by atoms with Crippen LogP contribution in [0.25, 0.3) is 16.6 Å². The van der Waals surface area contributed by atoms with Gasteiger partial charge < -0.3 is 9.47 Å². The molecule has 1 aliphatic heterocycles. The first-order chi connectivity index (χ1) is 10.8. The molecule has 1 saturated heterocycles. The molecule has 2 aromatic carbocycles. The highest BCUT2D eigenvalue weighted by molar-refractivity contribution is 5.82. The summed E-state index contributed by atoms with van der Waals surface area (Å²) < 4.78 is 2.13. The number of hydrogen-bond acceptors (Lipinski definition) is 2. The first kappa shape index (κ1) is 13.1. The van der Waals surface area contributed by atoms with Crippen molar-refractivity contribution in [2.45, 2.75) is 12.8 Å². The maximum Gasteiger partial charge on any atom is 0.189 e. The van der Waals surface area contributed by atoms with E-state index >= 15 is 0 Å². The van der Waals surface area contributed by atoms with Crippen LogP contribution in [0.4, 0.5) is 5.69 Å². The number of nitrogens with zero attached hydrogens (tertiary/aromatic N) is 2. The van der Waals surface area contributed by atoms with Crippen LogP contribution in [-0.2, 0) is 0 Å². The van der Waals surface area contributed by atoms with Crippen molar-refractivity contribution >= 4 is 16.6 Å². The summed E-state index contributed by atoms with van der Waals surface area (Å²) in [4.78, 5) is 14.5. The van der Waals surface area contributed by atoms with Crippen molar-refractivity contribution in [3.8, 4) is 5.69 Å². The van der Waals surface area contributed by atoms with Crippen LogP contribution in [0.3, 0.4) is 0 Å². The molecule has 3 nitrogen and oxygen atoms in total. The normalized spacial score (nSPS) is 14.6. The van der Waals surface area contributed by atoms with Gasteiger partial charge in [-0.2, -0.15) is 0 Å². The van der Waals surface area contributed by atoms with Crippen LogP contribution >= 0.6 is 0 Å². The van der Waals surface area contributed by atoms with Gasteiger partial charge >= 0.3 is 0 Å². The van der Waals surface area contributed by atoms with Gasteiger partial charge in [0.05, 0.1) is 16.9 Å². The lowest BCUT2D eigenvalue weighted by Gasteiger charge is -2.23. The highest BCUT2D eigenvalue weighted by Crippen LogP contribution is 2.29. The Hall–Kier alpha value is -2.55. The third-order valence-electron chi connectivity index (χ3n) is 4.39. The molecule has 1 aromatic heterocycles. The monoisotopic (exact) mass is 290 g/mol. The first-order valence-electron chi connectivity index (χ1n) is 7.79. The van der Waals surface area contributed by atoms with Crippen molar-refractivity contribution in [2.75, 3.05) is 18.0 Å². The van der Waals surface area contributed by atoms with Gasteiger partial charge in [-0.25, -0.2) is 0 Å². The van der Waals surface area contributed by atoms with Crippen molar-refractivity contribution in [3.05, 3.63) is 71.0 Å². The van der Waals surface area contributed by atoms with E-state index in [2.05, 4.69) is 33.7 Å². The van der Waals surface area contributed by atoms with Gasteiger partial charge in [0.2, 0.25) is 0 Å². The fraction of sp³-hybridized carbons (Fsp3) is 0.211. The molecule has 0 N–H and O–H groups in total. The van der Waals surface area contributed by atoms with Gasteiger partial charge in [-0.1, -0.05) is 24.3 Å². The molecule has 2 heterocycles.